The minimum absolute atomic E-state index is 0.00612. The van der Waals surface area contributed by atoms with Crippen LogP contribution < -0.4 is 15.5 Å². The molecule has 2 N–H and O–H groups in total. The Balaban J connectivity index is 1.75. The van der Waals surface area contributed by atoms with Crippen LogP contribution in [-0.4, -0.2) is 30.0 Å². The number of nitro groups is 1. The molecule has 0 heterocycles. The molecule has 2 rings (SSSR count). The van der Waals surface area contributed by atoms with Crippen molar-refractivity contribution in [2.45, 2.75) is 77.6 Å². The highest BCUT2D eigenvalue weighted by atomic mass is 19.1. The Bertz CT molecular complexity index is 967. The molecule has 2 aromatic carbocycles. The third kappa shape index (κ3) is 11.9. The highest BCUT2D eigenvalue weighted by Gasteiger charge is 2.17. The van der Waals surface area contributed by atoms with Gasteiger partial charge in [0.05, 0.1) is 4.92 Å². The summed E-state index contributed by atoms with van der Waals surface area (Å²) in [6.07, 6.45) is 11.8. The molecule has 0 spiro atoms. The number of hydrogen-bond donors (Lipinski definition) is 2. The molecule has 0 aliphatic heterocycles. The van der Waals surface area contributed by atoms with Crippen LogP contribution in [0.1, 0.15) is 77.6 Å². The number of carbonyl (C=O) groups excluding carboxylic acids is 2. The highest BCUT2D eigenvalue weighted by Crippen LogP contribution is 2.19. The second kappa shape index (κ2) is 17.1. The van der Waals surface area contributed by atoms with Gasteiger partial charge < -0.3 is 10.6 Å². The van der Waals surface area contributed by atoms with Gasteiger partial charge in [-0.25, -0.2) is 9.18 Å². The zero-order chi connectivity index (χ0) is 26.9. The van der Waals surface area contributed by atoms with Crippen molar-refractivity contribution in [3.63, 3.8) is 0 Å². The lowest BCUT2D eigenvalue weighted by Crippen LogP contribution is -2.37. The molecular formula is C28H39FN4O4. The maximum Gasteiger partial charge on any atom is 0.326 e. The molecule has 37 heavy (non-hydrogen) atoms. The quantitative estimate of drug-likeness (QED) is 0.132. The van der Waals surface area contributed by atoms with Gasteiger partial charge in [-0.05, 0) is 49.2 Å². The molecule has 9 heteroatoms. The number of nitro benzene ring substituents is 1. The lowest BCUT2D eigenvalue weighted by atomic mass is 10.1. The van der Waals surface area contributed by atoms with E-state index in [0.717, 1.165) is 19.3 Å². The minimum Gasteiger partial charge on any atom is -0.356 e. The Kier molecular flexibility index (Phi) is 13.7. The van der Waals surface area contributed by atoms with Crippen molar-refractivity contribution in [1.29, 1.82) is 0 Å². The second-order valence-electron chi connectivity index (χ2n) is 9.14. The van der Waals surface area contributed by atoms with E-state index in [-0.39, 0.29) is 11.6 Å². The van der Waals surface area contributed by atoms with E-state index >= 15 is 0 Å². The van der Waals surface area contributed by atoms with E-state index in [4.69, 9.17) is 0 Å². The van der Waals surface area contributed by atoms with Crippen LogP contribution in [0.3, 0.4) is 0 Å². The molecule has 0 bridgehead atoms. The molecule has 0 unspecified atom stereocenters. The monoisotopic (exact) mass is 514 g/mol. The third-order valence-corrected chi connectivity index (χ3v) is 6.10. The molecule has 0 aliphatic carbocycles. The van der Waals surface area contributed by atoms with Gasteiger partial charge in [-0.15, -0.1) is 0 Å². The zero-order valence-corrected chi connectivity index (χ0v) is 21.7. The number of hydrogen-bond acceptors (Lipinski definition) is 4. The van der Waals surface area contributed by atoms with Gasteiger partial charge in [0, 0.05) is 43.0 Å². The number of urea groups is 1. The first kappa shape index (κ1) is 29.7. The van der Waals surface area contributed by atoms with E-state index in [0.29, 0.717) is 37.3 Å². The standard InChI is InChI=1S/C28H39FN4O4/c1-2-3-4-5-6-7-8-9-10-12-27(34)30-21-11-22-32(25-17-13-23(29)14-18-25)28(35)31-24-15-19-26(20-16-24)33(36)37/h13-20H,2-12,21-22H2,1H3,(H,30,34)(H,31,35). The van der Waals surface area contributed by atoms with E-state index in [1.807, 2.05) is 0 Å². The van der Waals surface area contributed by atoms with Crippen LogP contribution in [0.15, 0.2) is 48.5 Å². The number of rotatable bonds is 17. The molecule has 0 saturated heterocycles. The summed E-state index contributed by atoms with van der Waals surface area (Å²) in [5.41, 5.74) is 0.824. The Morgan fingerprint density at radius 2 is 1.46 bits per heavy atom. The largest absolute Gasteiger partial charge is 0.356 e. The fraction of sp³-hybridized carbons (Fsp3) is 0.500. The van der Waals surface area contributed by atoms with Crippen molar-refractivity contribution in [2.75, 3.05) is 23.3 Å². The average Bonchev–Trinajstić information content (AvgIpc) is 2.88. The molecule has 0 saturated carbocycles. The number of nitrogens with one attached hydrogen (secondary N) is 2. The van der Waals surface area contributed by atoms with Gasteiger partial charge in [-0.1, -0.05) is 58.3 Å². The van der Waals surface area contributed by atoms with Crippen molar-refractivity contribution in [1.82, 2.24) is 5.32 Å². The lowest BCUT2D eigenvalue weighted by molar-refractivity contribution is -0.384. The number of non-ortho nitro benzene ring substituents is 1. The predicted octanol–water partition coefficient (Wildman–Crippen LogP) is 7.20. The van der Waals surface area contributed by atoms with Crippen LogP contribution in [0, 0.1) is 15.9 Å². The van der Waals surface area contributed by atoms with E-state index in [2.05, 4.69) is 17.6 Å². The number of carbonyl (C=O) groups is 2. The summed E-state index contributed by atoms with van der Waals surface area (Å²) < 4.78 is 13.4. The summed E-state index contributed by atoms with van der Waals surface area (Å²) in [5, 5.41) is 16.5. The van der Waals surface area contributed by atoms with Crippen LogP contribution in [0.4, 0.5) is 26.2 Å². The number of amides is 3. The number of benzene rings is 2. The smallest absolute Gasteiger partial charge is 0.326 e. The second-order valence-corrected chi connectivity index (χ2v) is 9.14. The van der Waals surface area contributed by atoms with Gasteiger partial charge in [-0.3, -0.25) is 19.8 Å². The highest BCUT2D eigenvalue weighted by molar-refractivity contribution is 6.01. The lowest BCUT2D eigenvalue weighted by Gasteiger charge is -2.23. The fourth-order valence-electron chi connectivity index (χ4n) is 3.98. The van der Waals surface area contributed by atoms with Gasteiger partial charge in [0.25, 0.3) is 5.69 Å². The van der Waals surface area contributed by atoms with Crippen molar-refractivity contribution < 1.29 is 18.9 Å². The first-order valence-corrected chi connectivity index (χ1v) is 13.3. The van der Waals surface area contributed by atoms with Gasteiger partial charge >= 0.3 is 6.03 Å². The van der Waals surface area contributed by atoms with Gasteiger partial charge in [-0.2, -0.15) is 0 Å². The maximum absolute atomic E-state index is 13.4. The first-order chi connectivity index (χ1) is 17.9. The maximum atomic E-state index is 13.4. The van der Waals surface area contributed by atoms with Crippen molar-refractivity contribution in [3.05, 3.63) is 64.5 Å². The zero-order valence-electron chi connectivity index (χ0n) is 21.7. The molecule has 3 amide bonds. The summed E-state index contributed by atoms with van der Waals surface area (Å²) in [6, 6.07) is 10.6. The minimum atomic E-state index is -0.514. The Hall–Kier alpha value is -3.49. The Morgan fingerprint density at radius 3 is 2.05 bits per heavy atom. The first-order valence-electron chi connectivity index (χ1n) is 13.3. The Labute approximate surface area is 218 Å². The van der Waals surface area contributed by atoms with E-state index in [1.54, 1.807) is 0 Å². The van der Waals surface area contributed by atoms with Crippen LogP contribution in [0.2, 0.25) is 0 Å². The number of nitrogens with zero attached hydrogens (tertiary/aromatic N) is 2. The van der Waals surface area contributed by atoms with Crippen LogP contribution >= 0.6 is 0 Å². The molecule has 202 valence electrons. The fourth-order valence-corrected chi connectivity index (χ4v) is 3.98. The number of anilines is 2. The predicted molar refractivity (Wildman–Crippen MR) is 145 cm³/mol. The van der Waals surface area contributed by atoms with Gasteiger partial charge in [0.2, 0.25) is 5.91 Å². The van der Waals surface area contributed by atoms with E-state index in [1.165, 1.54) is 92.0 Å². The molecule has 0 radical (unpaired) electrons. The molecule has 0 atom stereocenters. The normalized spacial score (nSPS) is 10.6. The average molecular weight is 515 g/mol. The van der Waals surface area contributed by atoms with Gasteiger partial charge in [0.15, 0.2) is 0 Å². The van der Waals surface area contributed by atoms with Crippen LogP contribution in [0.5, 0.6) is 0 Å². The summed E-state index contributed by atoms with van der Waals surface area (Å²) in [7, 11) is 0. The van der Waals surface area contributed by atoms with Crippen molar-refractivity contribution in [2.24, 2.45) is 0 Å². The summed E-state index contributed by atoms with van der Waals surface area (Å²) in [4.78, 5) is 36.9. The Morgan fingerprint density at radius 1 is 0.865 bits per heavy atom. The van der Waals surface area contributed by atoms with Crippen LogP contribution in [0.25, 0.3) is 0 Å². The molecule has 0 fully saturated rings. The molecule has 2 aromatic rings. The van der Waals surface area contributed by atoms with E-state index < -0.39 is 16.8 Å². The molecular weight excluding hydrogens is 475 g/mol. The molecule has 0 aromatic heterocycles. The van der Waals surface area contributed by atoms with Crippen molar-refractivity contribution >= 4 is 29.0 Å². The van der Waals surface area contributed by atoms with E-state index in [9.17, 15) is 24.1 Å². The number of unbranched alkanes of at least 4 members (excludes halogenated alkanes) is 8. The molecule has 8 nitrogen and oxygen atoms in total. The summed E-state index contributed by atoms with van der Waals surface area (Å²) in [6.45, 7) is 2.93. The summed E-state index contributed by atoms with van der Waals surface area (Å²) in [5.74, 6) is -0.408. The topological polar surface area (TPSA) is 105 Å². The van der Waals surface area contributed by atoms with Crippen LogP contribution in [-0.2, 0) is 4.79 Å². The number of halogens is 1. The van der Waals surface area contributed by atoms with Gasteiger partial charge in [0.1, 0.15) is 5.82 Å². The van der Waals surface area contributed by atoms with Crippen molar-refractivity contribution in [3.8, 4) is 0 Å². The SMILES string of the molecule is CCCCCCCCCCCC(=O)NCCCN(C(=O)Nc1ccc([N+](=O)[O-])cc1)c1ccc(F)cc1. The summed E-state index contributed by atoms with van der Waals surface area (Å²) >= 11 is 0. The molecule has 0 aliphatic rings. The third-order valence-electron chi connectivity index (χ3n) is 6.10.